The van der Waals surface area contributed by atoms with Gasteiger partial charge in [0.2, 0.25) is 0 Å². The van der Waals surface area contributed by atoms with Crippen LogP contribution in [-0.2, 0) is 4.79 Å². The summed E-state index contributed by atoms with van der Waals surface area (Å²) in [5, 5.41) is 19.0. The van der Waals surface area contributed by atoms with Gasteiger partial charge in [0.1, 0.15) is 5.75 Å². The number of aliphatic carboxylic acids is 1. The molecule has 0 radical (unpaired) electrons. The molecule has 4 nitrogen and oxygen atoms in total. The average Bonchev–Trinajstić information content (AvgIpc) is 2.47. The van der Waals surface area contributed by atoms with Crippen molar-refractivity contribution < 1.29 is 19.9 Å². The molecule has 2 atom stereocenters. The number of carboxylic acid groups (broad SMARTS) is 1. The first-order chi connectivity index (χ1) is 10.9. The van der Waals surface area contributed by atoms with Crippen LogP contribution in [0.15, 0.2) is 36.4 Å². The molecule has 1 aliphatic carbocycles. The van der Waals surface area contributed by atoms with Gasteiger partial charge in [0.15, 0.2) is 0 Å². The van der Waals surface area contributed by atoms with Crippen LogP contribution in [0.5, 0.6) is 5.75 Å². The smallest absolute Gasteiger partial charge is 0.115 e. The molecular formula is C19H29NO3. The zero-order valence-electron chi connectivity index (χ0n) is 14.4. The Labute approximate surface area is 139 Å². The molecule has 1 fully saturated rings. The molecule has 0 bridgehead atoms. The topological polar surface area (TPSA) is 64.8 Å². The van der Waals surface area contributed by atoms with Crippen LogP contribution in [0, 0.1) is 5.92 Å². The standard InChI is InChI=1S/C15H23NO.C4H6O2/c1-16(2)11-13-6-3-4-9-15(13)12-7-5-8-14(17)10-12;1-2-3-4(5)6/h5,7-8,10,13,15,17H,3-4,6,9,11H2,1-2H3;2-3H,1H3,(H,5,6)/b;3-2+. The molecule has 4 heteroatoms. The van der Waals surface area contributed by atoms with Crippen LogP contribution in [0.1, 0.15) is 44.1 Å². The minimum Gasteiger partial charge on any atom is -0.545 e. The quantitative estimate of drug-likeness (QED) is 0.818. The maximum Gasteiger partial charge on any atom is 0.115 e. The summed E-state index contributed by atoms with van der Waals surface area (Å²) in [6.07, 6.45) is 7.70. The number of phenolic OH excluding ortho intramolecular Hbond substituents is 1. The van der Waals surface area contributed by atoms with Gasteiger partial charge in [-0.15, -0.1) is 0 Å². The van der Waals surface area contributed by atoms with E-state index in [4.69, 9.17) is 0 Å². The highest BCUT2D eigenvalue weighted by Crippen LogP contribution is 2.37. The van der Waals surface area contributed by atoms with Crippen molar-refractivity contribution in [2.75, 3.05) is 20.6 Å². The fourth-order valence-corrected chi connectivity index (χ4v) is 3.31. The summed E-state index contributed by atoms with van der Waals surface area (Å²) in [6.45, 7) is 2.86. The summed E-state index contributed by atoms with van der Waals surface area (Å²) < 4.78 is 0. The molecule has 2 N–H and O–H groups in total. The molecule has 0 aliphatic heterocycles. The maximum absolute atomic E-state index is 9.61. The molecule has 1 saturated carbocycles. The van der Waals surface area contributed by atoms with E-state index in [0.717, 1.165) is 12.0 Å². The Hall–Kier alpha value is -1.81. The predicted octanol–water partition coefficient (Wildman–Crippen LogP) is 1.12. The van der Waals surface area contributed by atoms with E-state index in [1.54, 1.807) is 13.0 Å². The number of rotatable bonds is 4. The molecule has 2 unspecified atom stereocenters. The van der Waals surface area contributed by atoms with Crippen molar-refractivity contribution in [3.63, 3.8) is 0 Å². The van der Waals surface area contributed by atoms with Crippen molar-refractivity contribution in [1.82, 2.24) is 0 Å². The Kier molecular flexibility index (Phi) is 8.41. The lowest BCUT2D eigenvalue weighted by Gasteiger charge is -2.32. The Morgan fingerprint density at radius 1 is 1.35 bits per heavy atom. The molecule has 128 valence electrons. The van der Waals surface area contributed by atoms with Crippen LogP contribution in [0.25, 0.3) is 0 Å². The van der Waals surface area contributed by atoms with Crippen molar-refractivity contribution >= 4 is 5.97 Å². The monoisotopic (exact) mass is 319 g/mol. The summed E-state index contributed by atoms with van der Waals surface area (Å²) in [5.41, 5.74) is 1.33. The molecule has 0 aromatic heterocycles. The molecule has 23 heavy (non-hydrogen) atoms. The van der Waals surface area contributed by atoms with Gasteiger partial charge >= 0.3 is 0 Å². The van der Waals surface area contributed by atoms with E-state index >= 15 is 0 Å². The predicted molar refractivity (Wildman–Crippen MR) is 90.3 cm³/mol. The van der Waals surface area contributed by atoms with Crippen molar-refractivity contribution in [3.8, 4) is 5.75 Å². The van der Waals surface area contributed by atoms with Crippen LogP contribution >= 0.6 is 0 Å². The highest BCUT2D eigenvalue weighted by Gasteiger charge is 2.28. The van der Waals surface area contributed by atoms with Crippen molar-refractivity contribution in [1.29, 1.82) is 0 Å². The van der Waals surface area contributed by atoms with E-state index in [1.165, 1.54) is 48.8 Å². The first-order valence-electron chi connectivity index (χ1n) is 8.35. The number of hydrogen-bond acceptors (Lipinski definition) is 3. The SMILES string of the molecule is C/C=C/C(=O)[O-].C[NH+](C)CC1CCCCC1c1cccc(O)c1. The van der Waals surface area contributed by atoms with E-state index in [-0.39, 0.29) is 0 Å². The molecule has 0 amide bonds. The average molecular weight is 319 g/mol. The third-order valence-corrected chi connectivity index (χ3v) is 4.18. The largest absolute Gasteiger partial charge is 0.545 e. The van der Waals surface area contributed by atoms with E-state index in [2.05, 4.69) is 20.2 Å². The van der Waals surface area contributed by atoms with E-state index in [9.17, 15) is 15.0 Å². The van der Waals surface area contributed by atoms with E-state index in [0.29, 0.717) is 11.7 Å². The van der Waals surface area contributed by atoms with Crippen LogP contribution < -0.4 is 10.0 Å². The summed E-state index contributed by atoms with van der Waals surface area (Å²) in [6, 6.07) is 7.86. The number of aromatic hydroxyl groups is 1. The highest BCUT2D eigenvalue weighted by atomic mass is 16.4. The van der Waals surface area contributed by atoms with Gasteiger partial charge in [0.25, 0.3) is 0 Å². The summed E-state index contributed by atoms with van der Waals surface area (Å²) in [5.74, 6) is 0.683. The zero-order valence-corrected chi connectivity index (χ0v) is 14.4. The lowest BCUT2D eigenvalue weighted by atomic mass is 9.75. The molecule has 1 aromatic rings. The number of nitrogens with one attached hydrogen (secondary N) is 1. The molecule has 1 aliphatic rings. The number of quaternary nitrogens is 1. The van der Waals surface area contributed by atoms with Crippen LogP contribution in [-0.4, -0.2) is 31.7 Å². The molecular weight excluding hydrogens is 290 g/mol. The van der Waals surface area contributed by atoms with Crippen molar-refractivity contribution in [2.24, 2.45) is 5.92 Å². The fourth-order valence-electron chi connectivity index (χ4n) is 3.31. The number of allylic oxidation sites excluding steroid dienone is 1. The summed E-state index contributed by atoms with van der Waals surface area (Å²) in [4.78, 5) is 10.9. The molecule has 1 aromatic carbocycles. The minimum atomic E-state index is -1.14. The number of hydrogen-bond donors (Lipinski definition) is 2. The Balaban J connectivity index is 0.000000379. The van der Waals surface area contributed by atoms with Crippen LogP contribution in [0.2, 0.25) is 0 Å². The number of phenols is 1. The Morgan fingerprint density at radius 2 is 2.04 bits per heavy atom. The van der Waals surface area contributed by atoms with Gasteiger partial charge in [-0.2, -0.15) is 0 Å². The minimum absolute atomic E-state index is 0.407. The molecule has 2 rings (SSSR count). The van der Waals surface area contributed by atoms with Gasteiger partial charge in [0.05, 0.1) is 26.6 Å². The van der Waals surface area contributed by atoms with Crippen molar-refractivity contribution in [2.45, 2.75) is 38.5 Å². The second kappa shape index (κ2) is 10.1. The Morgan fingerprint density at radius 3 is 2.57 bits per heavy atom. The normalized spacial score (nSPS) is 21.0. The van der Waals surface area contributed by atoms with Gasteiger partial charge in [-0.05, 0) is 49.5 Å². The Bertz CT molecular complexity index is 511. The fraction of sp³-hybridized carbons (Fsp3) is 0.526. The first-order valence-corrected chi connectivity index (χ1v) is 8.35. The molecule has 0 saturated heterocycles. The van der Waals surface area contributed by atoms with Gasteiger partial charge in [-0.3, -0.25) is 0 Å². The lowest BCUT2D eigenvalue weighted by molar-refractivity contribution is -0.862. The number of carbonyl (C=O) groups is 1. The second-order valence-electron chi connectivity index (χ2n) is 6.48. The van der Waals surface area contributed by atoms with Gasteiger partial charge in [-0.25, -0.2) is 0 Å². The molecule has 0 heterocycles. The first kappa shape index (κ1) is 19.2. The third-order valence-electron chi connectivity index (χ3n) is 4.18. The number of benzene rings is 1. The summed E-state index contributed by atoms with van der Waals surface area (Å²) in [7, 11) is 4.46. The van der Waals surface area contributed by atoms with E-state index in [1.807, 2.05) is 12.1 Å². The zero-order chi connectivity index (χ0) is 17.2. The van der Waals surface area contributed by atoms with Crippen LogP contribution in [0.4, 0.5) is 0 Å². The molecule has 0 spiro atoms. The van der Waals surface area contributed by atoms with E-state index < -0.39 is 5.97 Å². The number of carboxylic acids is 1. The number of carbonyl (C=O) groups excluding carboxylic acids is 1. The van der Waals surface area contributed by atoms with Gasteiger partial charge in [-0.1, -0.05) is 31.1 Å². The van der Waals surface area contributed by atoms with Crippen LogP contribution in [0.3, 0.4) is 0 Å². The van der Waals surface area contributed by atoms with Gasteiger partial charge < -0.3 is 19.9 Å². The lowest BCUT2D eigenvalue weighted by Crippen LogP contribution is -3.06. The third kappa shape index (κ3) is 7.33. The van der Waals surface area contributed by atoms with Gasteiger partial charge in [0, 0.05) is 5.92 Å². The summed E-state index contributed by atoms with van der Waals surface area (Å²) >= 11 is 0. The van der Waals surface area contributed by atoms with Crippen molar-refractivity contribution in [3.05, 3.63) is 42.0 Å². The second-order valence-corrected chi connectivity index (χ2v) is 6.48. The maximum atomic E-state index is 9.61. The highest BCUT2D eigenvalue weighted by molar-refractivity contribution is 5.77.